The zero-order valence-corrected chi connectivity index (χ0v) is 10.9. The highest BCUT2D eigenvalue weighted by Gasteiger charge is 2.30. The van der Waals surface area contributed by atoms with Gasteiger partial charge < -0.3 is 10.0 Å². The second kappa shape index (κ2) is 5.15. The molecule has 1 N–H and O–H groups in total. The molecule has 0 bridgehead atoms. The van der Waals surface area contributed by atoms with Crippen molar-refractivity contribution in [3.63, 3.8) is 0 Å². The number of nitrogens with zero attached hydrogens (tertiary/aromatic N) is 2. The molecule has 16 heavy (non-hydrogen) atoms. The second-order valence-corrected chi connectivity index (χ2v) is 5.36. The number of hydrogen-bond donors (Lipinski definition) is 1. The number of anilines is 1. The molecule has 1 heterocycles. The lowest BCUT2D eigenvalue weighted by atomic mass is 10.3. The first-order valence-corrected chi connectivity index (χ1v) is 6.97. The summed E-state index contributed by atoms with van der Waals surface area (Å²) in [5.74, 6) is 0. The molecule has 0 aliphatic heterocycles. The molecule has 0 aromatic carbocycles. The van der Waals surface area contributed by atoms with Gasteiger partial charge >= 0.3 is 0 Å². The Morgan fingerprint density at radius 1 is 1.44 bits per heavy atom. The van der Waals surface area contributed by atoms with Gasteiger partial charge in [0.15, 0.2) is 5.13 Å². The van der Waals surface area contributed by atoms with E-state index in [9.17, 15) is 5.11 Å². The van der Waals surface area contributed by atoms with Gasteiger partial charge in [-0.3, -0.25) is 0 Å². The molecule has 1 aromatic heterocycles. The molecule has 0 radical (unpaired) electrons. The van der Waals surface area contributed by atoms with Crippen molar-refractivity contribution in [1.82, 2.24) is 4.98 Å². The zero-order valence-electron chi connectivity index (χ0n) is 10.1. The fourth-order valence-corrected chi connectivity index (χ4v) is 3.06. The number of hydrogen-bond acceptors (Lipinski definition) is 4. The van der Waals surface area contributed by atoms with Crippen LogP contribution >= 0.6 is 11.3 Å². The van der Waals surface area contributed by atoms with Crippen molar-refractivity contribution in [3.8, 4) is 0 Å². The normalized spacial score (nSPS) is 15.4. The van der Waals surface area contributed by atoms with Gasteiger partial charge in [-0.05, 0) is 25.7 Å². The van der Waals surface area contributed by atoms with Crippen LogP contribution in [0, 0.1) is 0 Å². The lowest BCUT2D eigenvalue weighted by molar-refractivity contribution is 0.284. The van der Waals surface area contributed by atoms with Gasteiger partial charge in [0.05, 0.1) is 17.2 Å². The molecule has 2 rings (SSSR count). The van der Waals surface area contributed by atoms with Gasteiger partial charge in [0.2, 0.25) is 0 Å². The van der Waals surface area contributed by atoms with Crippen molar-refractivity contribution in [3.05, 3.63) is 10.6 Å². The molecule has 3 nitrogen and oxygen atoms in total. The summed E-state index contributed by atoms with van der Waals surface area (Å²) in [4.78, 5) is 8.12. The third kappa shape index (κ3) is 2.38. The summed E-state index contributed by atoms with van der Waals surface area (Å²) in [7, 11) is 0. The summed E-state index contributed by atoms with van der Waals surface area (Å²) in [6, 6.07) is 0.711. The van der Waals surface area contributed by atoms with Gasteiger partial charge in [-0.25, -0.2) is 4.98 Å². The Bertz CT molecular complexity index is 325. The predicted octanol–water partition coefficient (Wildman–Crippen LogP) is 2.58. The molecule has 0 spiro atoms. The van der Waals surface area contributed by atoms with Crippen LogP contribution in [-0.4, -0.2) is 22.7 Å². The van der Waals surface area contributed by atoms with Crippen molar-refractivity contribution in [2.24, 2.45) is 0 Å². The number of aromatic nitrogens is 1. The van der Waals surface area contributed by atoms with E-state index in [-0.39, 0.29) is 6.61 Å². The molecular weight excluding hydrogens is 220 g/mol. The minimum atomic E-state index is 0.130. The lowest BCUT2D eigenvalue weighted by Gasteiger charge is -2.20. The fraction of sp³-hybridized carbons (Fsp3) is 0.750. The van der Waals surface area contributed by atoms with Crippen LogP contribution in [-0.2, 0) is 13.0 Å². The molecule has 1 fully saturated rings. The number of aliphatic hydroxyl groups is 1. The van der Waals surface area contributed by atoms with Gasteiger partial charge in [-0.15, -0.1) is 0 Å². The molecular formula is C12H20N2OS. The first-order chi connectivity index (χ1) is 7.80. The molecule has 90 valence electrons. The highest BCUT2D eigenvalue weighted by molar-refractivity contribution is 7.15. The minimum Gasteiger partial charge on any atom is -0.391 e. The first kappa shape index (κ1) is 11.9. The number of thiazole rings is 1. The Labute approximate surface area is 101 Å². The van der Waals surface area contributed by atoms with E-state index in [1.165, 1.54) is 12.8 Å². The molecule has 1 aliphatic carbocycles. The average molecular weight is 240 g/mol. The number of aryl methyl sites for hydroxylation is 1. The maximum Gasteiger partial charge on any atom is 0.186 e. The second-order valence-electron chi connectivity index (χ2n) is 4.30. The summed E-state index contributed by atoms with van der Waals surface area (Å²) in [6.07, 6.45) is 4.67. The Kier molecular flexibility index (Phi) is 3.82. The van der Waals surface area contributed by atoms with Gasteiger partial charge in [0, 0.05) is 12.6 Å². The summed E-state index contributed by atoms with van der Waals surface area (Å²) >= 11 is 1.67. The van der Waals surface area contributed by atoms with E-state index in [1.807, 2.05) is 0 Å². The number of aliphatic hydroxyl groups excluding tert-OH is 1. The predicted molar refractivity (Wildman–Crippen MR) is 68.1 cm³/mol. The number of rotatable bonds is 6. The van der Waals surface area contributed by atoms with Crippen LogP contribution in [0.1, 0.15) is 43.7 Å². The Balaban J connectivity index is 2.19. The van der Waals surface area contributed by atoms with Crippen molar-refractivity contribution in [2.45, 2.75) is 52.2 Å². The average Bonchev–Trinajstić information content (AvgIpc) is 3.05. The molecule has 0 saturated heterocycles. The molecule has 1 aromatic rings. The smallest absolute Gasteiger partial charge is 0.186 e. The molecule has 4 heteroatoms. The maximum absolute atomic E-state index is 9.28. The van der Waals surface area contributed by atoms with E-state index in [0.29, 0.717) is 6.04 Å². The third-order valence-electron chi connectivity index (χ3n) is 2.94. The standard InChI is InChI=1S/C12H20N2OS/c1-3-7-14(9-5-6-9)12-13-10(4-2)11(8-15)16-12/h9,15H,3-8H2,1-2H3. The lowest BCUT2D eigenvalue weighted by Crippen LogP contribution is -2.26. The van der Waals surface area contributed by atoms with Crippen LogP contribution < -0.4 is 4.90 Å². The molecule has 0 unspecified atom stereocenters. The summed E-state index contributed by atoms with van der Waals surface area (Å²) in [5.41, 5.74) is 1.07. The first-order valence-electron chi connectivity index (χ1n) is 6.16. The highest BCUT2D eigenvalue weighted by Crippen LogP contribution is 2.35. The highest BCUT2D eigenvalue weighted by atomic mass is 32.1. The van der Waals surface area contributed by atoms with Crippen LogP contribution in [0.15, 0.2) is 0 Å². The van der Waals surface area contributed by atoms with E-state index in [0.717, 1.165) is 35.1 Å². The van der Waals surface area contributed by atoms with E-state index < -0.39 is 0 Å². The monoisotopic (exact) mass is 240 g/mol. The molecule has 0 amide bonds. The molecule has 1 saturated carbocycles. The third-order valence-corrected chi connectivity index (χ3v) is 4.06. The van der Waals surface area contributed by atoms with Crippen LogP contribution in [0.4, 0.5) is 5.13 Å². The van der Waals surface area contributed by atoms with Gasteiger partial charge in [-0.1, -0.05) is 25.2 Å². The van der Waals surface area contributed by atoms with Crippen molar-refractivity contribution >= 4 is 16.5 Å². The summed E-state index contributed by atoms with van der Waals surface area (Å²) in [5, 5.41) is 10.4. The zero-order chi connectivity index (χ0) is 11.5. The molecule has 0 atom stereocenters. The SMILES string of the molecule is CCCN(c1nc(CC)c(CO)s1)C1CC1. The van der Waals surface area contributed by atoms with Gasteiger partial charge in [0.1, 0.15) is 0 Å². The van der Waals surface area contributed by atoms with Gasteiger partial charge in [0.25, 0.3) is 0 Å². The van der Waals surface area contributed by atoms with E-state index in [2.05, 4.69) is 23.7 Å². The van der Waals surface area contributed by atoms with E-state index in [1.54, 1.807) is 11.3 Å². The largest absolute Gasteiger partial charge is 0.391 e. The summed E-state index contributed by atoms with van der Waals surface area (Å²) in [6.45, 7) is 5.52. The van der Waals surface area contributed by atoms with Crippen molar-refractivity contribution in [1.29, 1.82) is 0 Å². The van der Waals surface area contributed by atoms with Crippen LogP contribution in [0.5, 0.6) is 0 Å². The van der Waals surface area contributed by atoms with E-state index >= 15 is 0 Å². The van der Waals surface area contributed by atoms with E-state index in [4.69, 9.17) is 0 Å². The quantitative estimate of drug-likeness (QED) is 0.830. The maximum atomic E-state index is 9.28. The topological polar surface area (TPSA) is 36.4 Å². The van der Waals surface area contributed by atoms with Crippen LogP contribution in [0.25, 0.3) is 0 Å². The van der Waals surface area contributed by atoms with Gasteiger partial charge in [-0.2, -0.15) is 0 Å². The Hall–Kier alpha value is -0.610. The van der Waals surface area contributed by atoms with Crippen molar-refractivity contribution in [2.75, 3.05) is 11.4 Å². The Morgan fingerprint density at radius 2 is 2.19 bits per heavy atom. The minimum absolute atomic E-state index is 0.130. The van der Waals surface area contributed by atoms with Crippen LogP contribution in [0.2, 0.25) is 0 Å². The molecule has 1 aliphatic rings. The fourth-order valence-electron chi connectivity index (χ4n) is 1.95. The van der Waals surface area contributed by atoms with Crippen molar-refractivity contribution < 1.29 is 5.11 Å². The summed E-state index contributed by atoms with van der Waals surface area (Å²) < 4.78 is 0. The van der Waals surface area contributed by atoms with Crippen LogP contribution in [0.3, 0.4) is 0 Å². The Morgan fingerprint density at radius 3 is 2.62 bits per heavy atom.